The fraction of sp³-hybridized carbons (Fsp3) is 0.952. The predicted octanol–water partition coefficient (Wildman–Crippen LogP) is 5.62. The highest BCUT2D eigenvalue weighted by Gasteiger charge is 2.06. The first-order valence-corrected chi connectivity index (χ1v) is 10.5. The number of hydrogen-bond donors (Lipinski definition) is 3. The standard InChI is InChI=1S/C16H32O2.C5H14N2/c1-2-3-4-5-6-7-8-9-10-11-12-13-14-15-16(17)18;1-5(2,7)3-4-6/h2-15H2,1H3,(H,17,18);3-4,6-7H2,1-2H3. The summed E-state index contributed by atoms with van der Waals surface area (Å²) in [6.45, 7) is 6.89. The largest absolute Gasteiger partial charge is 0.481 e. The van der Waals surface area contributed by atoms with E-state index in [-0.39, 0.29) is 5.54 Å². The fourth-order valence-electron chi connectivity index (χ4n) is 2.67. The van der Waals surface area contributed by atoms with Gasteiger partial charge in [-0.2, -0.15) is 0 Å². The van der Waals surface area contributed by atoms with Crippen molar-refractivity contribution in [3.8, 4) is 0 Å². The second-order valence-corrected chi connectivity index (χ2v) is 7.91. The van der Waals surface area contributed by atoms with Gasteiger partial charge in [-0.15, -0.1) is 0 Å². The molecule has 0 aliphatic carbocycles. The summed E-state index contributed by atoms with van der Waals surface area (Å²) in [6.07, 6.45) is 18.2. The van der Waals surface area contributed by atoms with E-state index in [0.717, 1.165) is 19.3 Å². The van der Waals surface area contributed by atoms with Crippen LogP contribution in [0.1, 0.15) is 117 Å². The van der Waals surface area contributed by atoms with Crippen molar-refractivity contribution in [2.24, 2.45) is 11.5 Å². The van der Waals surface area contributed by atoms with Crippen molar-refractivity contribution in [3.63, 3.8) is 0 Å². The van der Waals surface area contributed by atoms with Crippen molar-refractivity contribution in [1.82, 2.24) is 0 Å². The lowest BCUT2D eigenvalue weighted by Crippen LogP contribution is -2.34. The number of carboxylic acids is 1. The molecular formula is C21H46N2O2. The highest BCUT2D eigenvalue weighted by atomic mass is 16.4. The summed E-state index contributed by atoms with van der Waals surface area (Å²) in [5.74, 6) is -0.655. The van der Waals surface area contributed by atoms with Gasteiger partial charge in [-0.05, 0) is 33.2 Å². The van der Waals surface area contributed by atoms with Gasteiger partial charge in [0.1, 0.15) is 0 Å². The minimum absolute atomic E-state index is 0.0747. The number of hydrogen-bond acceptors (Lipinski definition) is 3. The average molecular weight is 359 g/mol. The van der Waals surface area contributed by atoms with Crippen LogP contribution in [0.5, 0.6) is 0 Å². The lowest BCUT2D eigenvalue weighted by Gasteiger charge is -2.15. The van der Waals surface area contributed by atoms with Gasteiger partial charge in [0.15, 0.2) is 0 Å². The normalized spacial score (nSPS) is 11.1. The minimum Gasteiger partial charge on any atom is -0.481 e. The molecule has 0 fully saturated rings. The molecule has 0 saturated carbocycles. The molecular weight excluding hydrogens is 312 g/mol. The molecule has 0 unspecified atom stereocenters. The lowest BCUT2D eigenvalue weighted by molar-refractivity contribution is -0.137. The number of carbonyl (C=O) groups is 1. The Kier molecular flexibility index (Phi) is 21.0. The van der Waals surface area contributed by atoms with E-state index in [1.807, 2.05) is 13.8 Å². The molecule has 4 heteroatoms. The second kappa shape index (κ2) is 19.7. The zero-order valence-electron chi connectivity index (χ0n) is 17.3. The smallest absolute Gasteiger partial charge is 0.303 e. The van der Waals surface area contributed by atoms with Crippen molar-refractivity contribution in [2.45, 2.75) is 123 Å². The third kappa shape index (κ3) is 31.6. The van der Waals surface area contributed by atoms with Gasteiger partial charge < -0.3 is 16.6 Å². The van der Waals surface area contributed by atoms with Crippen molar-refractivity contribution in [3.05, 3.63) is 0 Å². The van der Waals surface area contributed by atoms with E-state index in [1.165, 1.54) is 70.6 Å². The van der Waals surface area contributed by atoms with Gasteiger partial charge in [0, 0.05) is 12.0 Å². The van der Waals surface area contributed by atoms with Crippen LogP contribution in [0.4, 0.5) is 0 Å². The Bertz CT molecular complexity index is 276. The van der Waals surface area contributed by atoms with Gasteiger partial charge in [-0.25, -0.2) is 0 Å². The van der Waals surface area contributed by atoms with E-state index in [0.29, 0.717) is 13.0 Å². The minimum atomic E-state index is -0.655. The number of aliphatic carboxylic acids is 1. The first-order chi connectivity index (χ1) is 11.8. The zero-order chi connectivity index (χ0) is 19.4. The Hall–Kier alpha value is -0.610. The summed E-state index contributed by atoms with van der Waals surface area (Å²) < 4.78 is 0. The van der Waals surface area contributed by atoms with E-state index in [9.17, 15) is 4.79 Å². The van der Waals surface area contributed by atoms with E-state index in [1.54, 1.807) is 0 Å². The first-order valence-electron chi connectivity index (χ1n) is 10.5. The van der Waals surface area contributed by atoms with Crippen molar-refractivity contribution < 1.29 is 9.90 Å². The molecule has 0 aliphatic heterocycles. The maximum Gasteiger partial charge on any atom is 0.303 e. The number of rotatable bonds is 16. The van der Waals surface area contributed by atoms with Crippen LogP contribution >= 0.6 is 0 Å². The number of carboxylic acid groups (broad SMARTS) is 1. The topological polar surface area (TPSA) is 89.3 Å². The van der Waals surface area contributed by atoms with E-state index in [4.69, 9.17) is 16.6 Å². The summed E-state index contributed by atoms with van der Waals surface area (Å²) in [5, 5.41) is 8.49. The van der Waals surface area contributed by atoms with Gasteiger partial charge in [0.05, 0.1) is 0 Å². The van der Waals surface area contributed by atoms with Crippen LogP contribution in [-0.4, -0.2) is 23.2 Å². The van der Waals surface area contributed by atoms with Crippen LogP contribution in [0.15, 0.2) is 0 Å². The Morgan fingerprint density at radius 3 is 1.40 bits per heavy atom. The summed E-state index contributed by atoms with van der Waals surface area (Å²) in [6, 6.07) is 0. The van der Waals surface area contributed by atoms with Crippen LogP contribution in [-0.2, 0) is 4.79 Å². The quantitative estimate of drug-likeness (QED) is 0.312. The molecule has 0 aromatic heterocycles. The number of nitrogens with two attached hydrogens (primary N) is 2. The van der Waals surface area contributed by atoms with Crippen molar-refractivity contribution in [2.75, 3.05) is 6.54 Å². The first kappa shape index (κ1) is 26.6. The predicted molar refractivity (Wildman–Crippen MR) is 110 cm³/mol. The van der Waals surface area contributed by atoms with Crippen LogP contribution in [0.3, 0.4) is 0 Å². The second-order valence-electron chi connectivity index (χ2n) is 7.91. The maximum atomic E-state index is 10.3. The molecule has 0 atom stereocenters. The molecule has 152 valence electrons. The lowest BCUT2D eigenvalue weighted by atomic mass is 10.0. The number of unbranched alkanes of at least 4 members (excludes halogenated alkanes) is 12. The van der Waals surface area contributed by atoms with Gasteiger partial charge in [-0.1, -0.05) is 84.0 Å². The summed E-state index contributed by atoms with van der Waals surface area (Å²) in [4.78, 5) is 10.3. The molecule has 0 rings (SSSR count). The molecule has 25 heavy (non-hydrogen) atoms. The Labute approximate surface area is 157 Å². The third-order valence-electron chi connectivity index (χ3n) is 4.28. The van der Waals surface area contributed by atoms with Gasteiger partial charge in [-0.3, -0.25) is 4.79 Å². The summed E-state index contributed by atoms with van der Waals surface area (Å²) >= 11 is 0. The Balaban J connectivity index is 0. The van der Waals surface area contributed by atoms with E-state index in [2.05, 4.69) is 6.92 Å². The highest BCUT2D eigenvalue weighted by molar-refractivity contribution is 5.66. The SMILES string of the molecule is CC(C)(N)CCN.CCCCCCCCCCCCCCCC(=O)O. The van der Waals surface area contributed by atoms with Crippen LogP contribution in [0.25, 0.3) is 0 Å². The van der Waals surface area contributed by atoms with Crippen molar-refractivity contribution in [1.29, 1.82) is 0 Å². The highest BCUT2D eigenvalue weighted by Crippen LogP contribution is 2.12. The van der Waals surface area contributed by atoms with Crippen LogP contribution < -0.4 is 11.5 Å². The van der Waals surface area contributed by atoms with E-state index >= 15 is 0 Å². The third-order valence-corrected chi connectivity index (χ3v) is 4.28. The average Bonchev–Trinajstić information content (AvgIpc) is 2.51. The van der Waals surface area contributed by atoms with Crippen LogP contribution in [0, 0.1) is 0 Å². The summed E-state index contributed by atoms with van der Waals surface area (Å²) in [7, 11) is 0. The molecule has 0 radical (unpaired) electrons. The zero-order valence-corrected chi connectivity index (χ0v) is 17.3. The molecule has 0 bridgehead atoms. The molecule has 0 aliphatic rings. The molecule has 0 aromatic carbocycles. The molecule has 4 nitrogen and oxygen atoms in total. The fourth-order valence-corrected chi connectivity index (χ4v) is 2.67. The molecule has 0 aromatic rings. The maximum absolute atomic E-state index is 10.3. The Morgan fingerprint density at radius 1 is 0.800 bits per heavy atom. The molecule has 0 amide bonds. The van der Waals surface area contributed by atoms with Crippen LogP contribution in [0.2, 0.25) is 0 Å². The monoisotopic (exact) mass is 358 g/mol. The molecule has 0 saturated heterocycles. The molecule has 0 spiro atoms. The molecule has 5 N–H and O–H groups in total. The summed E-state index contributed by atoms with van der Waals surface area (Å²) in [5.41, 5.74) is 10.7. The Morgan fingerprint density at radius 2 is 1.16 bits per heavy atom. The molecule has 0 heterocycles. The van der Waals surface area contributed by atoms with Crippen molar-refractivity contribution >= 4 is 5.97 Å². The van der Waals surface area contributed by atoms with Gasteiger partial charge in [0.25, 0.3) is 0 Å². The van der Waals surface area contributed by atoms with E-state index < -0.39 is 5.97 Å². The van der Waals surface area contributed by atoms with Gasteiger partial charge >= 0.3 is 5.97 Å². The van der Waals surface area contributed by atoms with Gasteiger partial charge in [0.2, 0.25) is 0 Å².